The Kier molecular flexibility index (Phi) is 5.69. The SMILES string of the molecule is COc1cc(NC(=O)CCc2c(C)nc3c4c(C)cc(C)nc4nn3c2C)cc(OC)c1. The highest BCUT2D eigenvalue weighted by molar-refractivity contribution is 5.93. The van der Waals surface area contributed by atoms with Gasteiger partial charge in [0, 0.05) is 47.4 Å². The molecule has 0 fully saturated rings. The van der Waals surface area contributed by atoms with Crippen molar-refractivity contribution in [3.8, 4) is 11.5 Å². The van der Waals surface area contributed by atoms with Crippen molar-refractivity contribution in [2.45, 2.75) is 40.5 Å². The molecule has 1 aromatic carbocycles. The van der Waals surface area contributed by atoms with E-state index in [0.29, 0.717) is 35.7 Å². The summed E-state index contributed by atoms with van der Waals surface area (Å²) in [6, 6.07) is 7.33. The molecule has 0 aliphatic rings. The van der Waals surface area contributed by atoms with E-state index in [1.54, 1.807) is 32.4 Å². The quantitative estimate of drug-likeness (QED) is 0.492. The molecule has 0 saturated carbocycles. The van der Waals surface area contributed by atoms with E-state index in [9.17, 15) is 4.79 Å². The van der Waals surface area contributed by atoms with E-state index in [-0.39, 0.29) is 5.91 Å². The zero-order valence-electron chi connectivity index (χ0n) is 19.2. The van der Waals surface area contributed by atoms with Gasteiger partial charge in [-0.1, -0.05) is 0 Å². The minimum Gasteiger partial charge on any atom is -0.497 e. The summed E-state index contributed by atoms with van der Waals surface area (Å²) in [6.45, 7) is 8.00. The first-order valence-corrected chi connectivity index (χ1v) is 10.5. The van der Waals surface area contributed by atoms with E-state index < -0.39 is 0 Å². The fraction of sp³-hybridized carbons (Fsp3) is 0.333. The Morgan fingerprint density at radius 2 is 1.69 bits per heavy atom. The fourth-order valence-electron chi connectivity index (χ4n) is 4.07. The van der Waals surface area contributed by atoms with E-state index in [0.717, 1.165) is 39.2 Å². The van der Waals surface area contributed by atoms with Crippen LogP contribution in [-0.2, 0) is 11.2 Å². The molecule has 1 amide bonds. The number of aryl methyl sites for hydroxylation is 4. The number of nitrogens with zero attached hydrogens (tertiary/aromatic N) is 4. The highest BCUT2D eigenvalue weighted by Crippen LogP contribution is 2.27. The van der Waals surface area contributed by atoms with E-state index in [2.05, 4.69) is 22.3 Å². The van der Waals surface area contributed by atoms with Gasteiger partial charge < -0.3 is 14.8 Å². The lowest BCUT2D eigenvalue weighted by Gasteiger charge is -2.12. The summed E-state index contributed by atoms with van der Waals surface area (Å²) in [5.41, 5.74) is 7.04. The van der Waals surface area contributed by atoms with Crippen LogP contribution in [0.15, 0.2) is 24.3 Å². The second-order valence-electron chi connectivity index (χ2n) is 7.93. The number of rotatable bonds is 6. The summed E-state index contributed by atoms with van der Waals surface area (Å²) >= 11 is 0. The molecule has 0 unspecified atom stereocenters. The Morgan fingerprint density at radius 3 is 2.34 bits per heavy atom. The van der Waals surface area contributed by atoms with Gasteiger partial charge in [-0.15, -0.1) is 5.10 Å². The molecule has 3 heterocycles. The van der Waals surface area contributed by atoms with Crippen LogP contribution in [0.1, 0.15) is 34.6 Å². The van der Waals surface area contributed by atoms with Crippen LogP contribution in [-0.4, -0.2) is 39.7 Å². The predicted octanol–water partition coefficient (Wildman–Crippen LogP) is 4.10. The van der Waals surface area contributed by atoms with Gasteiger partial charge >= 0.3 is 0 Å². The van der Waals surface area contributed by atoms with Crippen LogP contribution >= 0.6 is 0 Å². The molecule has 8 nitrogen and oxygen atoms in total. The van der Waals surface area contributed by atoms with Crippen LogP contribution in [0.2, 0.25) is 0 Å². The first kappa shape index (κ1) is 21.5. The van der Waals surface area contributed by atoms with Crippen LogP contribution in [0.3, 0.4) is 0 Å². The number of carbonyl (C=O) groups is 1. The Morgan fingerprint density at radius 1 is 1.00 bits per heavy atom. The fourth-order valence-corrected chi connectivity index (χ4v) is 4.07. The minimum absolute atomic E-state index is 0.0991. The van der Waals surface area contributed by atoms with Crippen LogP contribution in [0.25, 0.3) is 16.7 Å². The third kappa shape index (κ3) is 3.95. The Bertz CT molecular complexity index is 1320. The predicted molar refractivity (Wildman–Crippen MR) is 124 cm³/mol. The maximum absolute atomic E-state index is 12.6. The monoisotopic (exact) mass is 433 g/mol. The number of hydrogen-bond acceptors (Lipinski definition) is 6. The molecular weight excluding hydrogens is 406 g/mol. The second-order valence-corrected chi connectivity index (χ2v) is 7.93. The first-order valence-electron chi connectivity index (χ1n) is 10.5. The van der Waals surface area contributed by atoms with Crippen molar-refractivity contribution in [2.75, 3.05) is 19.5 Å². The standard InChI is InChI=1S/C24H27N5O3/c1-13-9-14(2)25-23-22(13)24-26-15(3)20(16(4)29(24)28-23)7-8-21(30)27-17-10-18(31-5)12-19(11-17)32-6/h9-12H,7-8H2,1-6H3,(H,27,30). The summed E-state index contributed by atoms with van der Waals surface area (Å²) in [5.74, 6) is 1.13. The number of ether oxygens (including phenoxy) is 2. The number of anilines is 1. The highest BCUT2D eigenvalue weighted by Gasteiger charge is 2.17. The Labute approximate surface area is 186 Å². The van der Waals surface area contributed by atoms with Crippen molar-refractivity contribution in [3.05, 3.63) is 52.5 Å². The van der Waals surface area contributed by atoms with Crippen LogP contribution in [0.5, 0.6) is 11.5 Å². The highest BCUT2D eigenvalue weighted by atomic mass is 16.5. The molecule has 0 spiro atoms. The second kappa shape index (κ2) is 8.45. The number of methoxy groups -OCH3 is 2. The lowest BCUT2D eigenvalue weighted by Crippen LogP contribution is -2.14. The largest absolute Gasteiger partial charge is 0.497 e. The number of fused-ring (bicyclic) bond motifs is 3. The van der Waals surface area contributed by atoms with Crippen molar-refractivity contribution in [1.29, 1.82) is 0 Å². The van der Waals surface area contributed by atoms with Gasteiger partial charge in [-0.2, -0.15) is 0 Å². The number of nitrogens with one attached hydrogen (secondary N) is 1. The van der Waals surface area contributed by atoms with Gasteiger partial charge in [-0.05, 0) is 51.3 Å². The third-order valence-corrected chi connectivity index (χ3v) is 5.65. The maximum Gasteiger partial charge on any atom is 0.224 e. The van der Waals surface area contributed by atoms with Crippen LogP contribution in [0.4, 0.5) is 5.69 Å². The normalized spacial score (nSPS) is 11.2. The van der Waals surface area contributed by atoms with E-state index in [4.69, 9.17) is 14.5 Å². The summed E-state index contributed by atoms with van der Waals surface area (Å²) in [5, 5.41) is 8.58. The number of pyridine rings is 1. The summed E-state index contributed by atoms with van der Waals surface area (Å²) in [7, 11) is 3.15. The van der Waals surface area contributed by atoms with E-state index in [1.165, 1.54) is 0 Å². The topological polar surface area (TPSA) is 90.6 Å². The number of amides is 1. The van der Waals surface area contributed by atoms with Gasteiger partial charge in [0.25, 0.3) is 0 Å². The molecule has 4 aromatic rings. The number of carbonyl (C=O) groups excluding carboxylic acids is 1. The summed E-state index contributed by atoms with van der Waals surface area (Å²) in [4.78, 5) is 22.0. The Balaban J connectivity index is 1.59. The molecule has 0 bridgehead atoms. The van der Waals surface area contributed by atoms with Gasteiger partial charge in [0.1, 0.15) is 11.5 Å². The molecule has 3 aromatic heterocycles. The molecule has 8 heteroatoms. The summed E-state index contributed by atoms with van der Waals surface area (Å²) in [6.07, 6.45) is 0.862. The average Bonchev–Trinajstić information content (AvgIpc) is 3.11. The summed E-state index contributed by atoms with van der Waals surface area (Å²) < 4.78 is 12.4. The van der Waals surface area contributed by atoms with Crippen LogP contribution in [0, 0.1) is 27.7 Å². The molecular formula is C24H27N5O3. The minimum atomic E-state index is -0.0991. The number of aromatic nitrogens is 4. The molecule has 0 aliphatic carbocycles. The number of hydrogen-bond donors (Lipinski definition) is 1. The van der Waals surface area contributed by atoms with Crippen molar-refractivity contribution >= 4 is 28.3 Å². The van der Waals surface area contributed by atoms with E-state index >= 15 is 0 Å². The first-order chi connectivity index (χ1) is 15.3. The van der Waals surface area contributed by atoms with E-state index in [1.807, 2.05) is 31.4 Å². The molecule has 0 aliphatic heterocycles. The average molecular weight is 434 g/mol. The molecule has 166 valence electrons. The van der Waals surface area contributed by atoms with Gasteiger partial charge in [0.15, 0.2) is 11.3 Å². The van der Waals surface area contributed by atoms with Crippen molar-refractivity contribution in [3.63, 3.8) is 0 Å². The van der Waals surface area contributed by atoms with Gasteiger partial charge in [0.05, 0.1) is 19.6 Å². The van der Waals surface area contributed by atoms with Crippen molar-refractivity contribution in [2.24, 2.45) is 0 Å². The maximum atomic E-state index is 12.6. The van der Waals surface area contributed by atoms with Gasteiger partial charge in [-0.3, -0.25) is 4.79 Å². The van der Waals surface area contributed by atoms with Crippen molar-refractivity contribution < 1.29 is 14.3 Å². The van der Waals surface area contributed by atoms with Gasteiger partial charge in [0.2, 0.25) is 5.91 Å². The molecule has 1 N–H and O–H groups in total. The van der Waals surface area contributed by atoms with Crippen LogP contribution < -0.4 is 14.8 Å². The Hall–Kier alpha value is -3.68. The molecule has 4 rings (SSSR count). The lowest BCUT2D eigenvalue weighted by atomic mass is 10.1. The number of benzene rings is 1. The zero-order valence-corrected chi connectivity index (χ0v) is 19.2. The smallest absolute Gasteiger partial charge is 0.224 e. The molecule has 0 saturated heterocycles. The van der Waals surface area contributed by atoms with Crippen molar-refractivity contribution in [1.82, 2.24) is 19.6 Å². The van der Waals surface area contributed by atoms with Gasteiger partial charge in [-0.25, -0.2) is 14.5 Å². The lowest BCUT2D eigenvalue weighted by molar-refractivity contribution is -0.116. The zero-order chi connectivity index (χ0) is 23.0. The third-order valence-electron chi connectivity index (χ3n) is 5.65. The molecule has 32 heavy (non-hydrogen) atoms. The molecule has 0 radical (unpaired) electrons. The molecule has 0 atom stereocenters.